The van der Waals surface area contributed by atoms with Crippen LogP contribution in [0.3, 0.4) is 0 Å². The molecule has 1 aromatic heterocycles. The van der Waals surface area contributed by atoms with Gasteiger partial charge in [-0.05, 0) is 45.0 Å². The summed E-state index contributed by atoms with van der Waals surface area (Å²) >= 11 is 6.05. The molecule has 8 heteroatoms. The molecule has 132 valence electrons. The van der Waals surface area contributed by atoms with Crippen LogP contribution in [0.5, 0.6) is 0 Å². The van der Waals surface area contributed by atoms with Crippen LogP contribution < -0.4 is 5.32 Å². The highest BCUT2D eigenvalue weighted by molar-refractivity contribution is 7.90. The summed E-state index contributed by atoms with van der Waals surface area (Å²) in [5.41, 5.74) is 0.0850. The maximum atomic E-state index is 12.6. The lowest BCUT2D eigenvalue weighted by Gasteiger charge is -2.24. The SMILES string of the molecule is CC(C)(C)n1cc(C#N)cc1NC(=O)c1cc(S(C)(=O)=O)ccc1Cl. The van der Waals surface area contributed by atoms with Crippen molar-refractivity contribution >= 4 is 33.2 Å². The van der Waals surface area contributed by atoms with E-state index in [1.54, 1.807) is 16.8 Å². The van der Waals surface area contributed by atoms with Crippen LogP contribution >= 0.6 is 11.6 Å². The van der Waals surface area contributed by atoms with Gasteiger partial charge in [0.1, 0.15) is 11.9 Å². The van der Waals surface area contributed by atoms with Gasteiger partial charge in [0.25, 0.3) is 5.91 Å². The van der Waals surface area contributed by atoms with Gasteiger partial charge in [-0.2, -0.15) is 5.26 Å². The van der Waals surface area contributed by atoms with Crippen molar-refractivity contribution in [3.8, 4) is 6.07 Å². The van der Waals surface area contributed by atoms with Crippen LogP contribution in [-0.4, -0.2) is 25.1 Å². The van der Waals surface area contributed by atoms with Crippen molar-refractivity contribution in [2.75, 3.05) is 11.6 Å². The van der Waals surface area contributed by atoms with Crippen molar-refractivity contribution in [3.05, 3.63) is 46.6 Å². The van der Waals surface area contributed by atoms with E-state index in [4.69, 9.17) is 16.9 Å². The molecule has 0 aliphatic heterocycles. The molecule has 25 heavy (non-hydrogen) atoms. The molecule has 0 saturated heterocycles. The molecular formula is C17H18ClN3O3S. The zero-order chi connectivity index (χ0) is 19.0. The normalized spacial score (nSPS) is 11.8. The average Bonchev–Trinajstić information content (AvgIpc) is 2.89. The predicted molar refractivity (Wildman–Crippen MR) is 96.7 cm³/mol. The van der Waals surface area contributed by atoms with E-state index in [1.165, 1.54) is 18.2 Å². The first kappa shape index (κ1) is 19.0. The molecule has 1 amide bonds. The summed E-state index contributed by atoms with van der Waals surface area (Å²) in [7, 11) is -3.47. The number of hydrogen-bond donors (Lipinski definition) is 1. The van der Waals surface area contributed by atoms with Crippen molar-refractivity contribution < 1.29 is 13.2 Å². The van der Waals surface area contributed by atoms with Crippen LogP contribution in [0, 0.1) is 11.3 Å². The molecule has 6 nitrogen and oxygen atoms in total. The molecule has 0 aliphatic carbocycles. The van der Waals surface area contributed by atoms with Gasteiger partial charge in [-0.3, -0.25) is 4.79 Å². The second-order valence-corrected chi connectivity index (χ2v) is 9.06. The van der Waals surface area contributed by atoms with Crippen molar-refractivity contribution in [3.63, 3.8) is 0 Å². The van der Waals surface area contributed by atoms with Gasteiger partial charge in [-0.15, -0.1) is 0 Å². The first-order valence-corrected chi connectivity index (χ1v) is 9.64. The highest BCUT2D eigenvalue weighted by Crippen LogP contribution is 2.26. The number of aromatic nitrogens is 1. The Morgan fingerprint density at radius 3 is 2.44 bits per heavy atom. The fourth-order valence-electron chi connectivity index (χ4n) is 2.27. The molecule has 0 atom stereocenters. The second kappa shape index (κ2) is 6.54. The minimum atomic E-state index is -3.47. The molecule has 0 fully saturated rings. The number of carbonyl (C=O) groups is 1. The van der Waals surface area contributed by atoms with E-state index in [0.717, 1.165) is 6.26 Å². The van der Waals surface area contributed by atoms with Gasteiger partial charge in [0.05, 0.1) is 21.0 Å². The van der Waals surface area contributed by atoms with E-state index >= 15 is 0 Å². The molecule has 0 unspecified atom stereocenters. The third-order valence-corrected chi connectivity index (χ3v) is 4.96. The average molecular weight is 380 g/mol. The number of nitriles is 1. The molecule has 0 radical (unpaired) electrons. The molecule has 0 spiro atoms. The van der Waals surface area contributed by atoms with E-state index in [-0.39, 0.29) is 21.0 Å². The smallest absolute Gasteiger partial charge is 0.258 e. The summed E-state index contributed by atoms with van der Waals surface area (Å²) in [5, 5.41) is 11.9. The van der Waals surface area contributed by atoms with Gasteiger partial charge in [0, 0.05) is 18.0 Å². The summed E-state index contributed by atoms with van der Waals surface area (Å²) in [5.74, 6) is -0.126. The molecule has 1 heterocycles. The minimum Gasteiger partial charge on any atom is -0.328 e. The quantitative estimate of drug-likeness (QED) is 0.884. The molecule has 1 aromatic carbocycles. The van der Waals surface area contributed by atoms with Crippen LogP contribution in [0.4, 0.5) is 5.82 Å². The molecule has 2 rings (SSSR count). The number of amides is 1. The summed E-state index contributed by atoms with van der Waals surface area (Å²) in [6.45, 7) is 5.79. The Kier molecular flexibility index (Phi) is 4.98. The first-order valence-electron chi connectivity index (χ1n) is 7.37. The van der Waals surface area contributed by atoms with Gasteiger partial charge >= 0.3 is 0 Å². The lowest BCUT2D eigenvalue weighted by Crippen LogP contribution is -2.25. The van der Waals surface area contributed by atoms with Gasteiger partial charge < -0.3 is 9.88 Å². The highest BCUT2D eigenvalue weighted by atomic mass is 35.5. The van der Waals surface area contributed by atoms with Crippen molar-refractivity contribution in [2.24, 2.45) is 0 Å². The molecule has 0 saturated carbocycles. The third-order valence-electron chi connectivity index (χ3n) is 3.52. The largest absolute Gasteiger partial charge is 0.328 e. The van der Waals surface area contributed by atoms with Crippen LogP contribution in [-0.2, 0) is 15.4 Å². The number of nitrogens with one attached hydrogen (secondary N) is 1. The Balaban J connectivity index is 2.45. The van der Waals surface area contributed by atoms with Crippen molar-refractivity contribution in [2.45, 2.75) is 31.2 Å². The molecule has 2 aromatic rings. The first-order chi connectivity index (χ1) is 11.4. The summed E-state index contributed by atoms with van der Waals surface area (Å²) in [4.78, 5) is 12.6. The molecule has 0 aliphatic rings. The fraction of sp³-hybridized carbons (Fsp3) is 0.294. The predicted octanol–water partition coefficient (Wildman–Crippen LogP) is 3.42. The van der Waals surface area contributed by atoms with E-state index in [9.17, 15) is 13.2 Å². The third kappa shape index (κ3) is 4.21. The number of anilines is 1. The molecular weight excluding hydrogens is 362 g/mol. The van der Waals surface area contributed by atoms with E-state index in [2.05, 4.69) is 5.32 Å². The van der Waals surface area contributed by atoms with Crippen LogP contribution in [0.15, 0.2) is 35.4 Å². The Hall–Kier alpha value is -2.30. The standard InChI is InChI=1S/C17H18ClN3O3S/c1-17(2,3)21-10-11(9-19)7-15(21)20-16(22)13-8-12(25(4,23)24)5-6-14(13)18/h5-8,10H,1-4H3,(H,20,22). The van der Waals surface area contributed by atoms with Crippen molar-refractivity contribution in [1.82, 2.24) is 4.57 Å². The zero-order valence-electron chi connectivity index (χ0n) is 14.3. The van der Waals surface area contributed by atoms with E-state index in [1.807, 2.05) is 26.8 Å². The topological polar surface area (TPSA) is 92.0 Å². The van der Waals surface area contributed by atoms with Crippen LogP contribution in [0.25, 0.3) is 0 Å². The number of nitrogens with zero attached hydrogens (tertiary/aromatic N) is 2. The second-order valence-electron chi connectivity index (χ2n) is 6.63. The number of benzene rings is 1. The fourth-order valence-corrected chi connectivity index (χ4v) is 3.12. The minimum absolute atomic E-state index is 0.00553. The monoisotopic (exact) mass is 379 g/mol. The van der Waals surface area contributed by atoms with E-state index in [0.29, 0.717) is 11.4 Å². The number of halogens is 1. The number of rotatable bonds is 3. The number of sulfone groups is 1. The summed E-state index contributed by atoms with van der Waals surface area (Å²) in [6.07, 6.45) is 2.70. The van der Waals surface area contributed by atoms with Gasteiger partial charge in [0.2, 0.25) is 0 Å². The lowest BCUT2D eigenvalue weighted by molar-refractivity contribution is 0.102. The van der Waals surface area contributed by atoms with E-state index < -0.39 is 15.7 Å². The Morgan fingerprint density at radius 1 is 1.28 bits per heavy atom. The van der Waals surface area contributed by atoms with Crippen LogP contribution in [0.1, 0.15) is 36.7 Å². The summed E-state index contributed by atoms with van der Waals surface area (Å²) < 4.78 is 25.1. The van der Waals surface area contributed by atoms with Crippen molar-refractivity contribution in [1.29, 1.82) is 5.26 Å². The van der Waals surface area contributed by atoms with Crippen LogP contribution in [0.2, 0.25) is 5.02 Å². The molecule has 0 bridgehead atoms. The van der Waals surface area contributed by atoms with Gasteiger partial charge in [-0.25, -0.2) is 8.42 Å². The molecule has 1 N–H and O–H groups in total. The number of hydrogen-bond acceptors (Lipinski definition) is 4. The Labute approximate surface area is 151 Å². The van der Waals surface area contributed by atoms with Gasteiger partial charge in [0.15, 0.2) is 9.84 Å². The lowest BCUT2D eigenvalue weighted by atomic mass is 10.1. The maximum Gasteiger partial charge on any atom is 0.258 e. The Morgan fingerprint density at radius 2 is 1.92 bits per heavy atom. The number of carbonyl (C=O) groups excluding carboxylic acids is 1. The van der Waals surface area contributed by atoms with Gasteiger partial charge in [-0.1, -0.05) is 11.6 Å². The summed E-state index contributed by atoms with van der Waals surface area (Å²) in [6, 6.07) is 7.55. The maximum absolute atomic E-state index is 12.6. The highest BCUT2D eigenvalue weighted by Gasteiger charge is 2.21. The Bertz CT molecular complexity index is 980. The zero-order valence-corrected chi connectivity index (χ0v) is 15.9.